The average molecular weight is 502 g/mol. The zero-order valence-corrected chi connectivity index (χ0v) is 22.0. The Hall–Kier alpha value is -3.49. The quantitative estimate of drug-likeness (QED) is 0.370. The number of nitrogens with zero attached hydrogens (tertiary/aromatic N) is 3. The topological polar surface area (TPSA) is 107 Å². The minimum atomic E-state index is -0.551. The SMILES string of the molecule is Cc1cnnc(C)c1COc1ccc(N)c(C(=N)c2ccc3c(c2)COC2(CCN(C(C)C)CC2)O3)c1. The van der Waals surface area contributed by atoms with Crippen molar-refractivity contribution in [2.24, 2.45) is 0 Å². The minimum absolute atomic E-state index is 0.328. The van der Waals surface area contributed by atoms with Crippen LogP contribution in [0.2, 0.25) is 0 Å². The molecule has 2 aromatic carbocycles. The Balaban J connectivity index is 1.30. The number of rotatable bonds is 6. The van der Waals surface area contributed by atoms with Gasteiger partial charge in [0.1, 0.15) is 18.1 Å². The number of anilines is 1. The first-order valence-corrected chi connectivity index (χ1v) is 12.8. The molecule has 1 spiro atoms. The average Bonchev–Trinajstić information content (AvgIpc) is 2.89. The molecule has 1 saturated heterocycles. The molecule has 3 heterocycles. The molecule has 0 bridgehead atoms. The molecule has 5 rings (SSSR count). The Morgan fingerprint density at radius 2 is 1.95 bits per heavy atom. The normalized spacial score (nSPS) is 16.9. The summed E-state index contributed by atoms with van der Waals surface area (Å²) in [6, 6.07) is 11.8. The number of nitrogens with two attached hydrogens (primary N) is 1. The second-order valence-corrected chi connectivity index (χ2v) is 10.3. The van der Waals surface area contributed by atoms with E-state index in [1.807, 2.05) is 44.2 Å². The number of nitrogen functional groups attached to an aromatic ring is 1. The van der Waals surface area contributed by atoms with E-state index in [1.54, 1.807) is 12.3 Å². The van der Waals surface area contributed by atoms with Crippen LogP contribution in [-0.4, -0.2) is 45.7 Å². The van der Waals surface area contributed by atoms with Gasteiger partial charge in [0.2, 0.25) is 5.79 Å². The van der Waals surface area contributed by atoms with E-state index in [9.17, 15) is 0 Å². The monoisotopic (exact) mass is 501 g/mol. The molecule has 0 amide bonds. The largest absolute Gasteiger partial charge is 0.489 e. The van der Waals surface area contributed by atoms with Crippen molar-refractivity contribution < 1.29 is 14.2 Å². The molecule has 1 fully saturated rings. The lowest BCUT2D eigenvalue weighted by Crippen LogP contribution is -2.52. The summed E-state index contributed by atoms with van der Waals surface area (Å²) in [7, 11) is 0. The van der Waals surface area contributed by atoms with Crippen molar-refractivity contribution in [2.45, 2.75) is 65.6 Å². The first-order valence-electron chi connectivity index (χ1n) is 12.8. The number of fused-ring (bicyclic) bond motifs is 1. The molecule has 0 radical (unpaired) electrons. The molecule has 3 aromatic rings. The third-order valence-corrected chi connectivity index (χ3v) is 7.48. The Labute approximate surface area is 218 Å². The molecule has 0 saturated carbocycles. The number of hydrogen-bond donors (Lipinski definition) is 2. The maximum absolute atomic E-state index is 8.90. The van der Waals surface area contributed by atoms with Crippen molar-refractivity contribution in [3.63, 3.8) is 0 Å². The second kappa shape index (κ2) is 10.1. The van der Waals surface area contributed by atoms with Gasteiger partial charge in [-0.2, -0.15) is 10.2 Å². The summed E-state index contributed by atoms with van der Waals surface area (Å²) in [5.74, 6) is 0.927. The number of hydrogen-bond acceptors (Lipinski definition) is 8. The lowest BCUT2D eigenvalue weighted by Gasteiger charge is -2.45. The van der Waals surface area contributed by atoms with Gasteiger partial charge in [0.15, 0.2) is 0 Å². The highest BCUT2D eigenvalue weighted by Crippen LogP contribution is 2.38. The molecular formula is C29H35N5O3. The first-order chi connectivity index (χ1) is 17.7. The van der Waals surface area contributed by atoms with E-state index in [0.717, 1.165) is 59.6 Å². The maximum atomic E-state index is 8.90. The van der Waals surface area contributed by atoms with Gasteiger partial charge in [-0.15, -0.1) is 0 Å². The van der Waals surface area contributed by atoms with Crippen molar-refractivity contribution in [3.05, 3.63) is 76.1 Å². The van der Waals surface area contributed by atoms with Crippen molar-refractivity contribution in [1.29, 1.82) is 5.41 Å². The molecule has 194 valence electrons. The van der Waals surface area contributed by atoms with Crippen LogP contribution in [0.15, 0.2) is 42.6 Å². The van der Waals surface area contributed by atoms with Gasteiger partial charge < -0.3 is 24.8 Å². The van der Waals surface area contributed by atoms with Crippen LogP contribution in [0.5, 0.6) is 11.5 Å². The number of piperidine rings is 1. The molecule has 3 N–H and O–H groups in total. The van der Waals surface area contributed by atoms with Gasteiger partial charge >= 0.3 is 0 Å². The third kappa shape index (κ3) is 5.17. The van der Waals surface area contributed by atoms with Crippen molar-refractivity contribution in [3.8, 4) is 11.5 Å². The molecule has 8 nitrogen and oxygen atoms in total. The number of nitrogens with one attached hydrogen (secondary N) is 1. The van der Waals surface area contributed by atoms with E-state index in [-0.39, 0.29) is 0 Å². The highest BCUT2D eigenvalue weighted by atomic mass is 16.7. The number of aromatic nitrogens is 2. The predicted octanol–water partition coefficient (Wildman–Crippen LogP) is 4.78. The zero-order valence-electron chi connectivity index (χ0n) is 22.0. The van der Waals surface area contributed by atoms with E-state index in [4.69, 9.17) is 25.4 Å². The van der Waals surface area contributed by atoms with E-state index in [2.05, 4.69) is 28.9 Å². The van der Waals surface area contributed by atoms with Crippen LogP contribution in [0, 0.1) is 19.3 Å². The summed E-state index contributed by atoms with van der Waals surface area (Å²) < 4.78 is 18.7. The summed E-state index contributed by atoms with van der Waals surface area (Å²) >= 11 is 0. The summed E-state index contributed by atoms with van der Waals surface area (Å²) in [6.45, 7) is 11.1. The van der Waals surface area contributed by atoms with Gasteiger partial charge in [0.05, 0.1) is 24.2 Å². The van der Waals surface area contributed by atoms with Gasteiger partial charge in [-0.1, -0.05) is 0 Å². The van der Waals surface area contributed by atoms with Gasteiger partial charge in [-0.05, 0) is 69.7 Å². The number of ether oxygens (including phenoxy) is 3. The summed E-state index contributed by atoms with van der Waals surface area (Å²) in [6.07, 6.45) is 3.43. The fourth-order valence-electron chi connectivity index (χ4n) is 5.01. The lowest BCUT2D eigenvalue weighted by atomic mass is 9.97. The third-order valence-electron chi connectivity index (χ3n) is 7.48. The van der Waals surface area contributed by atoms with Crippen molar-refractivity contribution >= 4 is 11.4 Å². The van der Waals surface area contributed by atoms with Crippen LogP contribution in [0.3, 0.4) is 0 Å². The molecule has 2 aliphatic rings. The first kappa shape index (κ1) is 25.2. The highest BCUT2D eigenvalue weighted by Gasteiger charge is 2.41. The van der Waals surface area contributed by atoms with E-state index < -0.39 is 5.79 Å². The van der Waals surface area contributed by atoms with Gasteiger partial charge in [0, 0.05) is 59.9 Å². The van der Waals surface area contributed by atoms with Gasteiger partial charge in [0.25, 0.3) is 0 Å². The number of aryl methyl sites for hydroxylation is 2. The molecule has 37 heavy (non-hydrogen) atoms. The number of benzene rings is 2. The van der Waals surface area contributed by atoms with Crippen LogP contribution >= 0.6 is 0 Å². The molecule has 0 unspecified atom stereocenters. The zero-order chi connectivity index (χ0) is 26.2. The van der Waals surface area contributed by atoms with Gasteiger partial charge in [-0.3, -0.25) is 5.41 Å². The summed E-state index contributed by atoms with van der Waals surface area (Å²) in [5, 5.41) is 17.0. The summed E-state index contributed by atoms with van der Waals surface area (Å²) in [5.41, 5.74) is 12.3. The molecular weight excluding hydrogens is 466 g/mol. The Morgan fingerprint density at radius 1 is 1.16 bits per heavy atom. The molecule has 0 atom stereocenters. The minimum Gasteiger partial charge on any atom is -0.489 e. The van der Waals surface area contributed by atoms with Crippen LogP contribution in [0.25, 0.3) is 0 Å². The fourth-order valence-corrected chi connectivity index (χ4v) is 5.01. The van der Waals surface area contributed by atoms with Gasteiger partial charge in [-0.25, -0.2) is 0 Å². The maximum Gasteiger partial charge on any atom is 0.213 e. The fraction of sp³-hybridized carbons (Fsp3) is 0.414. The highest BCUT2D eigenvalue weighted by molar-refractivity contribution is 6.14. The van der Waals surface area contributed by atoms with E-state index >= 15 is 0 Å². The Kier molecular flexibility index (Phi) is 6.88. The van der Waals surface area contributed by atoms with Crippen molar-refractivity contribution in [1.82, 2.24) is 15.1 Å². The lowest BCUT2D eigenvalue weighted by molar-refractivity contribution is -0.229. The predicted molar refractivity (Wildman–Crippen MR) is 143 cm³/mol. The van der Waals surface area contributed by atoms with E-state index in [0.29, 0.717) is 42.0 Å². The van der Waals surface area contributed by atoms with Crippen LogP contribution in [0.4, 0.5) is 5.69 Å². The summed E-state index contributed by atoms with van der Waals surface area (Å²) in [4.78, 5) is 2.45. The van der Waals surface area contributed by atoms with Crippen LogP contribution in [-0.2, 0) is 18.0 Å². The van der Waals surface area contributed by atoms with Crippen molar-refractivity contribution in [2.75, 3.05) is 18.8 Å². The van der Waals surface area contributed by atoms with E-state index in [1.165, 1.54) is 0 Å². The molecule has 8 heteroatoms. The van der Waals surface area contributed by atoms with Crippen LogP contribution < -0.4 is 15.2 Å². The van der Waals surface area contributed by atoms with Crippen LogP contribution in [0.1, 0.15) is 60.2 Å². The molecule has 2 aliphatic heterocycles. The molecule has 1 aromatic heterocycles. The Bertz CT molecular complexity index is 1290. The smallest absolute Gasteiger partial charge is 0.213 e. The molecule has 0 aliphatic carbocycles. The Morgan fingerprint density at radius 3 is 2.68 bits per heavy atom. The second-order valence-electron chi connectivity index (χ2n) is 10.3. The number of likely N-dealkylation sites (tertiary alicyclic amines) is 1. The standard InChI is InChI=1S/C29H35N5O3/c1-18(2)34-11-9-29(10-12-34)36-16-22-13-21(5-8-27(22)37-29)28(31)24-14-23(6-7-26(24)30)35-17-25-19(3)15-32-33-20(25)4/h5-8,13-15,18,31H,9-12,16-17,30H2,1-4H3.